The van der Waals surface area contributed by atoms with Gasteiger partial charge in [0.2, 0.25) is 5.91 Å². The molecule has 0 unspecified atom stereocenters. The van der Waals surface area contributed by atoms with Crippen molar-refractivity contribution in [1.29, 1.82) is 0 Å². The lowest BCUT2D eigenvalue weighted by atomic mass is 10.1. The lowest BCUT2D eigenvalue weighted by Gasteiger charge is -2.16. The summed E-state index contributed by atoms with van der Waals surface area (Å²) in [6, 6.07) is 8.30. The molecular weight excluding hydrogens is 414 g/mol. The molecule has 2 fully saturated rings. The number of rotatable bonds is 6. The molecule has 0 spiro atoms. The minimum absolute atomic E-state index is 0.0329. The molecule has 2 heterocycles. The zero-order valence-corrected chi connectivity index (χ0v) is 19.0. The normalized spacial score (nSPS) is 19.0. The van der Waals surface area contributed by atoms with Crippen LogP contribution in [0, 0.1) is 5.92 Å². The van der Waals surface area contributed by atoms with Crippen molar-refractivity contribution in [3.63, 3.8) is 0 Å². The molecule has 1 aliphatic carbocycles. The van der Waals surface area contributed by atoms with E-state index in [9.17, 15) is 9.59 Å². The Morgan fingerprint density at radius 1 is 1.30 bits per heavy atom. The highest BCUT2D eigenvalue weighted by Crippen LogP contribution is 2.34. The molecule has 1 saturated heterocycles. The summed E-state index contributed by atoms with van der Waals surface area (Å²) in [6.45, 7) is 5.06. The summed E-state index contributed by atoms with van der Waals surface area (Å²) in [7, 11) is 0. The number of nitrogens with zero attached hydrogens (tertiary/aromatic N) is 2. The molecule has 0 atom stereocenters. The van der Waals surface area contributed by atoms with E-state index < -0.39 is 0 Å². The predicted molar refractivity (Wildman–Crippen MR) is 127 cm³/mol. The van der Waals surface area contributed by atoms with Gasteiger partial charge in [-0.05, 0) is 30.9 Å². The summed E-state index contributed by atoms with van der Waals surface area (Å²) in [5.74, 6) is 0.360. The number of benzene rings is 1. The van der Waals surface area contributed by atoms with E-state index in [4.69, 9.17) is 12.2 Å². The number of hydrogen-bond acceptors (Lipinski definition) is 4. The fraction of sp³-hybridized carbons (Fsp3) is 0.435. The van der Waals surface area contributed by atoms with Crippen LogP contribution in [-0.4, -0.2) is 38.2 Å². The van der Waals surface area contributed by atoms with Gasteiger partial charge in [-0.2, -0.15) is 0 Å². The van der Waals surface area contributed by atoms with Crippen molar-refractivity contribution in [2.75, 3.05) is 6.54 Å². The maximum atomic E-state index is 12.8. The average molecular weight is 442 g/mol. The molecule has 2 aliphatic rings. The van der Waals surface area contributed by atoms with Crippen LogP contribution in [0.5, 0.6) is 0 Å². The summed E-state index contributed by atoms with van der Waals surface area (Å²) in [5, 5.41) is 4.18. The zero-order chi connectivity index (χ0) is 21.3. The SMILES string of the molecule is CC(C)CN1C(=O)/C(=C/c2cn(CC(=O)NC3CCCC3)c3ccccc23)SC1=S. The highest BCUT2D eigenvalue weighted by atomic mass is 32.2. The fourth-order valence-corrected chi connectivity index (χ4v) is 5.45. The van der Waals surface area contributed by atoms with Crippen LogP contribution < -0.4 is 5.32 Å². The van der Waals surface area contributed by atoms with E-state index in [-0.39, 0.29) is 18.4 Å². The minimum atomic E-state index is -0.0329. The molecule has 5 nitrogen and oxygen atoms in total. The van der Waals surface area contributed by atoms with E-state index in [1.807, 2.05) is 41.1 Å². The van der Waals surface area contributed by atoms with E-state index in [1.165, 1.54) is 24.6 Å². The molecule has 4 rings (SSSR count). The van der Waals surface area contributed by atoms with Gasteiger partial charge >= 0.3 is 0 Å². The van der Waals surface area contributed by atoms with Gasteiger partial charge < -0.3 is 9.88 Å². The molecule has 30 heavy (non-hydrogen) atoms. The fourth-order valence-electron chi connectivity index (χ4n) is 4.18. The first-order valence-corrected chi connectivity index (χ1v) is 11.8. The summed E-state index contributed by atoms with van der Waals surface area (Å²) in [4.78, 5) is 27.7. The maximum Gasteiger partial charge on any atom is 0.266 e. The van der Waals surface area contributed by atoms with Crippen molar-refractivity contribution in [2.24, 2.45) is 5.92 Å². The summed E-state index contributed by atoms with van der Waals surface area (Å²) in [6.07, 6.45) is 8.40. The standard InChI is InChI=1S/C23H27N3O2S2/c1-15(2)12-26-22(28)20(30-23(26)29)11-16-13-25(19-10-6-5-9-18(16)19)14-21(27)24-17-7-3-4-8-17/h5-6,9-11,13,15,17H,3-4,7-8,12,14H2,1-2H3,(H,24,27)/b20-11-. The van der Waals surface area contributed by atoms with E-state index >= 15 is 0 Å². The summed E-state index contributed by atoms with van der Waals surface area (Å²) in [5.41, 5.74) is 1.92. The van der Waals surface area contributed by atoms with Crippen LogP contribution >= 0.6 is 24.0 Å². The molecule has 2 amide bonds. The van der Waals surface area contributed by atoms with Crippen LogP contribution in [0.15, 0.2) is 35.4 Å². The van der Waals surface area contributed by atoms with E-state index in [1.54, 1.807) is 4.90 Å². The molecule has 0 radical (unpaired) electrons. The van der Waals surface area contributed by atoms with Crippen molar-refractivity contribution in [1.82, 2.24) is 14.8 Å². The topological polar surface area (TPSA) is 54.3 Å². The third kappa shape index (κ3) is 4.47. The van der Waals surface area contributed by atoms with Gasteiger partial charge in [0.1, 0.15) is 10.9 Å². The Kier molecular flexibility index (Phi) is 6.29. The van der Waals surface area contributed by atoms with Crippen LogP contribution in [0.25, 0.3) is 17.0 Å². The van der Waals surface area contributed by atoms with E-state index in [0.717, 1.165) is 29.3 Å². The maximum absolute atomic E-state index is 12.8. The third-order valence-electron chi connectivity index (χ3n) is 5.56. The molecule has 7 heteroatoms. The number of carbonyl (C=O) groups is 2. The molecule has 1 aliphatic heterocycles. The highest BCUT2D eigenvalue weighted by Gasteiger charge is 2.32. The number of para-hydroxylation sites is 1. The van der Waals surface area contributed by atoms with Gasteiger partial charge in [0.15, 0.2) is 0 Å². The second-order valence-electron chi connectivity index (χ2n) is 8.46. The second kappa shape index (κ2) is 8.94. The van der Waals surface area contributed by atoms with Gasteiger partial charge in [-0.1, -0.05) is 68.9 Å². The minimum Gasteiger partial charge on any atom is -0.352 e. The number of thioether (sulfide) groups is 1. The smallest absolute Gasteiger partial charge is 0.266 e. The van der Waals surface area contributed by atoms with Crippen molar-refractivity contribution >= 4 is 57.1 Å². The first-order chi connectivity index (χ1) is 14.4. The van der Waals surface area contributed by atoms with E-state index in [0.29, 0.717) is 27.7 Å². The number of carbonyl (C=O) groups excluding carboxylic acids is 2. The van der Waals surface area contributed by atoms with Crippen LogP contribution in [0.4, 0.5) is 0 Å². The Balaban J connectivity index is 1.59. The number of thiocarbonyl (C=S) groups is 1. The monoisotopic (exact) mass is 441 g/mol. The molecule has 1 saturated carbocycles. The van der Waals surface area contributed by atoms with Gasteiger partial charge in [-0.25, -0.2) is 0 Å². The number of hydrogen-bond donors (Lipinski definition) is 1. The average Bonchev–Trinajstić information content (AvgIpc) is 3.39. The zero-order valence-electron chi connectivity index (χ0n) is 17.4. The molecule has 2 aromatic rings. The quantitative estimate of drug-likeness (QED) is 0.528. The molecule has 1 N–H and O–H groups in total. The Morgan fingerprint density at radius 2 is 2.03 bits per heavy atom. The van der Waals surface area contributed by atoms with Crippen molar-refractivity contribution in [3.05, 3.63) is 40.9 Å². The van der Waals surface area contributed by atoms with Gasteiger partial charge in [0.05, 0.1) is 4.91 Å². The highest BCUT2D eigenvalue weighted by molar-refractivity contribution is 8.26. The molecule has 1 aromatic heterocycles. The molecule has 0 bridgehead atoms. The van der Waals surface area contributed by atoms with Crippen molar-refractivity contribution in [3.8, 4) is 0 Å². The summed E-state index contributed by atoms with van der Waals surface area (Å²) >= 11 is 6.78. The van der Waals surface area contributed by atoms with Crippen molar-refractivity contribution in [2.45, 2.75) is 52.1 Å². The third-order valence-corrected chi connectivity index (χ3v) is 6.94. The Bertz CT molecular complexity index is 1020. The van der Waals surface area contributed by atoms with Gasteiger partial charge in [0, 0.05) is 35.2 Å². The molecule has 158 valence electrons. The van der Waals surface area contributed by atoms with Gasteiger partial charge in [0.25, 0.3) is 5.91 Å². The van der Waals surface area contributed by atoms with Crippen molar-refractivity contribution < 1.29 is 9.59 Å². The van der Waals surface area contributed by atoms with Crippen LogP contribution in [-0.2, 0) is 16.1 Å². The lowest BCUT2D eigenvalue weighted by Crippen LogP contribution is -2.35. The largest absolute Gasteiger partial charge is 0.352 e. The Hall–Kier alpha value is -2.12. The Morgan fingerprint density at radius 3 is 2.77 bits per heavy atom. The van der Waals surface area contributed by atoms with Crippen LogP contribution in [0.3, 0.4) is 0 Å². The van der Waals surface area contributed by atoms with Gasteiger partial charge in [-0.3, -0.25) is 14.5 Å². The first-order valence-electron chi connectivity index (χ1n) is 10.5. The number of amides is 2. The van der Waals surface area contributed by atoms with E-state index in [2.05, 4.69) is 19.2 Å². The number of nitrogens with one attached hydrogen (secondary N) is 1. The molecule has 1 aromatic carbocycles. The first kappa shape index (κ1) is 21.1. The lowest BCUT2D eigenvalue weighted by molar-refractivity contribution is -0.123. The molecular formula is C23H27N3O2S2. The number of fused-ring (bicyclic) bond motifs is 1. The van der Waals surface area contributed by atoms with Gasteiger partial charge in [-0.15, -0.1) is 0 Å². The Labute approximate surface area is 186 Å². The second-order valence-corrected chi connectivity index (χ2v) is 10.1. The summed E-state index contributed by atoms with van der Waals surface area (Å²) < 4.78 is 2.58. The number of aromatic nitrogens is 1. The van der Waals surface area contributed by atoms with Crippen LogP contribution in [0.1, 0.15) is 45.1 Å². The predicted octanol–water partition coefficient (Wildman–Crippen LogP) is 4.56. The van der Waals surface area contributed by atoms with Crippen LogP contribution in [0.2, 0.25) is 0 Å².